The summed E-state index contributed by atoms with van der Waals surface area (Å²) in [5.41, 5.74) is 1.58. The molecule has 7 nitrogen and oxygen atoms in total. The third kappa shape index (κ3) is 5.38. The van der Waals surface area contributed by atoms with Crippen LogP contribution in [0.15, 0.2) is 71.9 Å². The van der Waals surface area contributed by atoms with Crippen molar-refractivity contribution >= 4 is 11.7 Å². The Bertz CT molecular complexity index is 1040. The van der Waals surface area contributed by atoms with Crippen molar-refractivity contribution in [2.45, 2.75) is 13.5 Å². The van der Waals surface area contributed by atoms with Gasteiger partial charge in [-0.3, -0.25) is 19.0 Å². The van der Waals surface area contributed by atoms with Crippen LogP contribution < -0.4 is 15.6 Å². The molecule has 0 saturated carbocycles. The van der Waals surface area contributed by atoms with Gasteiger partial charge in [-0.2, -0.15) is 0 Å². The number of benzene rings is 2. The van der Waals surface area contributed by atoms with Gasteiger partial charge >= 0.3 is 0 Å². The van der Waals surface area contributed by atoms with Gasteiger partial charge in [-0.05, 0) is 31.2 Å². The Kier molecular flexibility index (Phi) is 6.52. The lowest BCUT2D eigenvalue weighted by atomic mass is 10.0. The van der Waals surface area contributed by atoms with E-state index in [0.717, 1.165) is 0 Å². The summed E-state index contributed by atoms with van der Waals surface area (Å²) in [5.74, 6) is 0.114. The molecular formula is C22H21N3O4. The molecule has 1 N–H and O–H groups in total. The minimum absolute atomic E-state index is 0.0734. The Morgan fingerprint density at radius 1 is 1.03 bits per heavy atom. The monoisotopic (exact) mass is 391 g/mol. The minimum atomic E-state index is -0.303. The first-order valence-corrected chi connectivity index (χ1v) is 9.15. The van der Waals surface area contributed by atoms with Crippen molar-refractivity contribution in [1.82, 2.24) is 14.9 Å². The van der Waals surface area contributed by atoms with E-state index in [2.05, 4.69) is 10.3 Å². The highest BCUT2D eigenvalue weighted by Crippen LogP contribution is 2.15. The standard InChI is InChI=1S/C22H21N3O4/c1-16-13-23-15-25(22(16)28)12-11-24-20(26)14-29-19-9-7-18(8-10-19)21(27)17-5-3-2-4-6-17/h2-10,13,15H,11-12,14H2,1H3,(H,24,26). The molecule has 0 aliphatic rings. The molecule has 0 bridgehead atoms. The van der Waals surface area contributed by atoms with Crippen LogP contribution in [-0.4, -0.2) is 34.4 Å². The number of nitrogens with zero attached hydrogens (tertiary/aromatic N) is 2. The van der Waals surface area contributed by atoms with Crippen LogP contribution in [0.1, 0.15) is 21.5 Å². The van der Waals surface area contributed by atoms with Gasteiger partial charge < -0.3 is 10.1 Å². The van der Waals surface area contributed by atoms with Crippen molar-refractivity contribution in [3.05, 3.63) is 94.2 Å². The van der Waals surface area contributed by atoms with Gasteiger partial charge in [0.1, 0.15) is 5.75 Å². The van der Waals surface area contributed by atoms with Gasteiger partial charge in [0, 0.05) is 36.0 Å². The molecule has 1 aromatic heterocycles. The predicted octanol–water partition coefficient (Wildman–Crippen LogP) is 1.98. The second-order valence-corrected chi connectivity index (χ2v) is 6.43. The molecule has 0 aliphatic carbocycles. The molecule has 0 spiro atoms. The van der Waals surface area contributed by atoms with Crippen LogP contribution >= 0.6 is 0 Å². The summed E-state index contributed by atoms with van der Waals surface area (Å²) in [7, 11) is 0. The van der Waals surface area contributed by atoms with Crippen molar-refractivity contribution in [1.29, 1.82) is 0 Å². The second-order valence-electron chi connectivity index (χ2n) is 6.43. The number of rotatable bonds is 8. The number of amides is 1. The highest BCUT2D eigenvalue weighted by atomic mass is 16.5. The lowest BCUT2D eigenvalue weighted by Crippen LogP contribution is -2.34. The molecule has 0 saturated heterocycles. The van der Waals surface area contributed by atoms with Crippen LogP contribution in [0.25, 0.3) is 0 Å². The molecule has 1 amide bonds. The van der Waals surface area contributed by atoms with Crippen LogP contribution in [0, 0.1) is 6.92 Å². The number of nitrogens with one attached hydrogen (secondary N) is 1. The van der Waals surface area contributed by atoms with E-state index >= 15 is 0 Å². The Hall–Kier alpha value is -3.74. The third-order valence-electron chi connectivity index (χ3n) is 4.27. The minimum Gasteiger partial charge on any atom is -0.484 e. The normalized spacial score (nSPS) is 10.4. The van der Waals surface area contributed by atoms with E-state index in [1.165, 1.54) is 17.1 Å². The lowest BCUT2D eigenvalue weighted by Gasteiger charge is -2.09. The van der Waals surface area contributed by atoms with Gasteiger partial charge in [-0.15, -0.1) is 0 Å². The molecule has 29 heavy (non-hydrogen) atoms. The summed E-state index contributed by atoms with van der Waals surface area (Å²) < 4.78 is 6.89. The second kappa shape index (κ2) is 9.45. The topological polar surface area (TPSA) is 90.3 Å². The number of carbonyl (C=O) groups excluding carboxylic acids is 2. The van der Waals surface area contributed by atoms with Crippen molar-refractivity contribution < 1.29 is 14.3 Å². The fraction of sp³-hybridized carbons (Fsp3) is 0.182. The number of hydrogen-bond donors (Lipinski definition) is 1. The van der Waals surface area contributed by atoms with Gasteiger partial charge in [0.15, 0.2) is 12.4 Å². The molecule has 0 fully saturated rings. The zero-order valence-corrected chi connectivity index (χ0v) is 16.0. The third-order valence-corrected chi connectivity index (χ3v) is 4.27. The number of carbonyl (C=O) groups is 2. The fourth-order valence-electron chi connectivity index (χ4n) is 2.69. The Morgan fingerprint density at radius 3 is 2.45 bits per heavy atom. The molecule has 2 aromatic carbocycles. The van der Waals surface area contributed by atoms with Gasteiger partial charge in [-0.1, -0.05) is 30.3 Å². The van der Waals surface area contributed by atoms with E-state index in [0.29, 0.717) is 29.0 Å². The molecule has 0 unspecified atom stereocenters. The summed E-state index contributed by atoms with van der Waals surface area (Å²) in [6.45, 7) is 2.15. The summed E-state index contributed by atoms with van der Waals surface area (Å²) in [6, 6.07) is 15.7. The highest BCUT2D eigenvalue weighted by molar-refractivity contribution is 6.08. The number of ether oxygens (including phenoxy) is 1. The first-order valence-electron chi connectivity index (χ1n) is 9.15. The summed E-state index contributed by atoms with van der Waals surface area (Å²) in [5, 5.41) is 2.69. The zero-order valence-electron chi connectivity index (χ0n) is 16.0. The average Bonchev–Trinajstić information content (AvgIpc) is 2.76. The van der Waals surface area contributed by atoms with Gasteiger partial charge in [0.05, 0.1) is 6.33 Å². The summed E-state index contributed by atoms with van der Waals surface area (Å²) >= 11 is 0. The fourth-order valence-corrected chi connectivity index (χ4v) is 2.69. The van der Waals surface area contributed by atoms with Crippen LogP contribution in [0.3, 0.4) is 0 Å². The molecule has 7 heteroatoms. The van der Waals surface area contributed by atoms with Crippen molar-refractivity contribution in [3.8, 4) is 5.75 Å². The van der Waals surface area contributed by atoms with Crippen LogP contribution in [0.2, 0.25) is 0 Å². The smallest absolute Gasteiger partial charge is 0.258 e. The molecule has 0 atom stereocenters. The molecule has 0 radical (unpaired) electrons. The summed E-state index contributed by atoms with van der Waals surface area (Å²) in [6.07, 6.45) is 2.94. The van der Waals surface area contributed by atoms with Gasteiger partial charge in [-0.25, -0.2) is 4.98 Å². The van der Waals surface area contributed by atoms with Crippen molar-refractivity contribution in [2.24, 2.45) is 0 Å². The largest absolute Gasteiger partial charge is 0.484 e. The first kappa shape index (κ1) is 20.0. The molecule has 0 aliphatic heterocycles. The Balaban J connectivity index is 1.46. The van der Waals surface area contributed by atoms with E-state index in [1.54, 1.807) is 43.3 Å². The lowest BCUT2D eigenvalue weighted by molar-refractivity contribution is -0.123. The maximum atomic E-state index is 12.4. The van der Waals surface area contributed by atoms with E-state index in [9.17, 15) is 14.4 Å². The van der Waals surface area contributed by atoms with E-state index in [1.807, 2.05) is 18.2 Å². The average molecular weight is 391 g/mol. The molecule has 3 aromatic rings. The first-order chi connectivity index (χ1) is 14.0. The number of ketones is 1. The Labute approximate surface area is 168 Å². The summed E-state index contributed by atoms with van der Waals surface area (Å²) in [4.78, 5) is 40.1. The maximum absolute atomic E-state index is 12.4. The van der Waals surface area contributed by atoms with Crippen LogP contribution in [-0.2, 0) is 11.3 Å². The number of aryl methyl sites for hydroxylation is 1. The molecule has 3 rings (SSSR count). The van der Waals surface area contributed by atoms with E-state index in [4.69, 9.17) is 4.74 Å². The molecular weight excluding hydrogens is 370 g/mol. The van der Waals surface area contributed by atoms with Crippen LogP contribution in [0.4, 0.5) is 0 Å². The quantitative estimate of drug-likeness (QED) is 0.593. The Morgan fingerprint density at radius 2 is 1.72 bits per heavy atom. The van der Waals surface area contributed by atoms with Gasteiger partial charge in [0.2, 0.25) is 0 Å². The highest BCUT2D eigenvalue weighted by Gasteiger charge is 2.09. The van der Waals surface area contributed by atoms with E-state index < -0.39 is 0 Å². The number of aromatic nitrogens is 2. The van der Waals surface area contributed by atoms with E-state index in [-0.39, 0.29) is 30.4 Å². The maximum Gasteiger partial charge on any atom is 0.258 e. The predicted molar refractivity (Wildman–Crippen MR) is 108 cm³/mol. The van der Waals surface area contributed by atoms with Gasteiger partial charge in [0.25, 0.3) is 11.5 Å². The number of hydrogen-bond acceptors (Lipinski definition) is 5. The van der Waals surface area contributed by atoms with Crippen molar-refractivity contribution in [3.63, 3.8) is 0 Å². The van der Waals surface area contributed by atoms with Crippen molar-refractivity contribution in [2.75, 3.05) is 13.2 Å². The zero-order chi connectivity index (χ0) is 20.6. The molecule has 148 valence electrons. The SMILES string of the molecule is Cc1cncn(CCNC(=O)COc2ccc(C(=O)c3ccccc3)cc2)c1=O. The van der Waals surface area contributed by atoms with Crippen LogP contribution in [0.5, 0.6) is 5.75 Å². The molecule has 1 heterocycles.